The number of carbonyl (C=O) groups is 2. The van der Waals surface area contributed by atoms with Crippen molar-refractivity contribution in [2.75, 3.05) is 19.0 Å². The van der Waals surface area contributed by atoms with Crippen LogP contribution in [-0.2, 0) is 14.3 Å². The Hall–Kier alpha value is -2.31. The van der Waals surface area contributed by atoms with Gasteiger partial charge in [0.1, 0.15) is 5.75 Å². The molecule has 25 heavy (non-hydrogen) atoms. The minimum absolute atomic E-state index is 0.403. The molecule has 0 aliphatic rings. The fourth-order valence-corrected chi connectivity index (χ4v) is 2.51. The Morgan fingerprint density at radius 3 is 2.76 bits per heavy atom. The molecule has 130 valence electrons. The lowest BCUT2D eigenvalue weighted by atomic mass is 10.2. The van der Waals surface area contributed by atoms with E-state index in [1.54, 1.807) is 24.3 Å². The summed E-state index contributed by atoms with van der Waals surface area (Å²) in [6, 6.07) is 12.2. The molecule has 1 amide bonds. The van der Waals surface area contributed by atoms with Crippen molar-refractivity contribution in [3.8, 4) is 5.75 Å². The molecule has 1 N–H and O–H groups in total. The van der Waals surface area contributed by atoms with E-state index >= 15 is 0 Å². The smallest absolute Gasteiger partial charge is 0.331 e. The number of hydrogen-bond acceptors (Lipinski definition) is 4. The summed E-state index contributed by atoms with van der Waals surface area (Å²) in [6.45, 7) is -0.419. The van der Waals surface area contributed by atoms with Gasteiger partial charge in [-0.25, -0.2) is 4.79 Å². The summed E-state index contributed by atoms with van der Waals surface area (Å²) < 4.78 is 10.9. The average Bonchev–Trinajstić information content (AvgIpc) is 2.58. The summed E-state index contributed by atoms with van der Waals surface area (Å²) in [7, 11) is 1.48. The largest absolute Gasteiger partial charge is 0.495 e. The number of ether oxygens (including phenoxy) is 2. The van der Waals surface area contributed by atoms with Gasteiger partial charge in [0.15, 0.2) is 6.61 Å². The van der Waals surface area contributed by atoms with Gasteiger partial charge in [0.25, 0.3) is 5.91 Å². The van der Waals surface area contributed by atoms with Gasteiger partial charge in [0.05, 0.1) is 12.8 Å². The number of nitrogens with one attached hydrogen (secondary N) is 1. The van der Waals surface area contributed by atoms with Crippen molar-refractivity contribution in [1.29, 1.82) is 0 Å². The van der Waals surface area contributed by atoms with Gasteiger partial charge in [-0.2, -0.15) is 0 Å². The fourth-order valence-electron chi connectivity index (χ4n) is 1.92. The van der Waals surface area contributed by atoms with Crippen molar-refractivity contribution >= 4 is 51.2 Å². The summed E-state index contributed by atoms with van der Waals surface area (Å²) in [6.07, 6.45) is 2.86. The average molecular weight is 425 g/mol. The van der Waals surface area contributed by atoms with E-state index in [-0.39, 0.29) is 0 Å². The predicted molar refractivity (Wildman–Crippen MR) is 101 cm³/mol. The molecule has 7 heteroatoms. The van der Waals surface area contributed by atoms with E-state index in [2.05, 4.69) is 21.2 Å². The van der Waals surface area contributed by atoms with Crippen LogP contribution in [0.1, 0.15) is 5.56 Å². The Morgan fingerprint density at radius 2 is 2.04 bits per heavy atom. The van der Waals surface area contributed by atoms with E-state index in [1.165, 1.54) is 13.2 Å². The molecule has 0 fully saturated rings. The predicted octanol–water partition coefficient (Wildman–Crippen LogP) is 4.31. The van der Waals surface area contributed by atoms with E-state index in [0.29, 0.717) is 16.5 Å². The van der Waals surface area contributed by atoms with Crippen molar-refractivity contribution < 1.29 is 19.1 Å². The van der Waals surface area contributed by atoms with Gasteiger partial charge in [-0.1, -0.05) is 39.7 Å². The number of esters is 1. The van der Waals surface area contributed by atoms with Crippen LogP contribution in [-0.4, -0.2) is 25.6 Å². The zero-order chi connectivity index (χ0) is 18.2. The molecule has 0 saturated heterocycles. The lowest BCUT2D eigenvalue weighted by molar-refractivity contribution is -0.142. The van der Waals surface area contributed by atoms with Gasteiger partial charge < -0.3 is 14.8 Å². The number of hydrogen-bond donors (Lipinski definition) is 1. The second kappa shape index (κ2) is 9.25. The van der Waals surface area contributed by atoms with Crippen molar-refractivity contribution in [2.24, 2.45) is 0 Å². The molecule has 0 aliphatic carbocycles. The monoisotopic (exact) mass is 423 g/mol. The van der Waals surface area contributed by atoms with E-state index in [9.17, 15) is 9.59 Å². The van der Waals surface area contributed by atoms with E-state index in [1.807, 2.05) is 24.3 Å². The summed E-state index contributed by atoms with van der Waals surface area (Å²) in [5.41, 5.74) is 1.24. The highest BCUT2D eigenvalue weighted by molar-refractivity contribution is 9.10. The third-order valence-electron chi connectivity index (χ3n) is 3.04. The first kappa shape index (κ1) is 19.0. The second-order valence-corrected chi connectivity index (χ2v) is 6.24. The Kier molecular flexibility index (Phi) is 7.03. The molecule has 0 spiro atoms. The van der Waals surface area contributed by atoms with Crippen LogP contribution in [0.25, 0.3) is 6.08 Å². The Morgan fingerprint density at radius 1 is 1.24 bits per heavy atom. The van der Waals surface area contributed by atoms with Gasteiger partial charge in [-0.15, -0.1) is 0 Å². The number of amides is 1. The van der Waals surface area contributed by atoms with Crippen LogP contribution in [0.4, 0.5) is 5.69 Å². The lowest BCUT2D eigenvalue weighted by Gasteiger charge is -2.10. The second-order valence-electron chi connectivity index (χ2n) is 4.89. The molecule has 0 aliphatic heterocycles. The van der Waals surface area contributed by atoms with E-state index in [4.69, 9.17) is 21.1 Å². The van der Waals surface area contributed by atoms with Crippen LogP contribution in [0.3, 0.4) is 0 Å². The van der Waals surface area contributed by atoms with Crippen molar-refractivity contribution in [3.05, 3.63) is 63.6 Å². The van der Waals surface area contributed by atoms with Crippen LogP contribution in [0.5, 0.6) is 5.75 Å². The molecule has 2 aromatic carbocycles. The number of rotatable bonds is 6. The third-order valence-corrected chi connectivity index (χ3v) is 3.77. The molecule has 0 heterocycles. The molecular weight excluding hydrogens is 410 g/mol. The normalized spacial score (nSPS) is 10.5. The Balaban J connectivity index is 1.87. The molecule has 0 unspecified atom stereocenters. The third kappa shape index (κ3) is 6.25. The number of benzene rings is 2. The summed E-state index contributed by atoms with van der Waals surface area (Å²) in [5, 5.41) is 3.03. The van der Waals surface area contributed by atoms with Crippen LogP contribution in [0.15, 0.2) is 53.0 Å². The lowest BCUT2D eigenvalue weighted by Crippen LogP contribution is -2.20. The van der Waals surface area contributed by atoms with E-state index in [0.717, 1.165) is 10.0 Å². The number of methoxy groups -OCH3 is 1. The standard InChI is InChI=1S/C18H15BrClNO4/c1-24-16-7-6-14(20)10-15(16)21-17(22)11-25-18(23)8-5-12-3-2-4-13(19)9-12/h2-10H,11H2,1H3,(H,21,22)/b8-5+. The van der Waals surface area contributed by atoms with Gasteiger partial charge in [-0.3, -0.25) is 4.79 Å². The maximum Gasteiger partial charge on any atom is 0.331 e. The SMILES string of the molecule is COc1ccc(Cl)cc1NC(=O)COC(=O)/C=C/c1cccc(Br)c1. The number of halogens is 2. The summed E-state index contributed by atoms with van der Waals surface area (Å²) >= 11 is 9.24. The first-order valence-corrected chi connectivity index (χ1v) is 8.39. The Labute approximate surface area is 158 Å². The highest BCUT2D eigenvalue weighted by atomic mass is 79.9. The molecular formula is C18H15BrClNO4. The Bertz CT molecular complexity index is 807. The highest BCUT2D eigenvalue weighted by Crippen LogP contribution is 2.27. The molecule has 2 aromatic rings. The number of anilines is 1. The minimum atomic E-state index is -0.617. The first-order chi connectivity index (χ1) is 12.0. The van der Waals surface area contributed by atoms with Gasteiger partial charge >= 0.3 is 5.97 Å². The molecule has 0 aromatic heterocycles. The summed E-state index contributed by atoms with van der Waals surface area (Å²) in [5.74, 6) is -0.656. The molecule has 0 saturated carbocycles. The van der Waals surface area contributed by atoms with Gasteiger partial charge in [-0.05, 0) is 42.0 Å². The zero-order valence-corrected chi connectivity index (χ0v) is 15.6. The quantitative estimate of drug-likeness (QED) is 0.554. The van der Waals surface area contributed by atoms with Gasteiger partial charge in [0, 0.05) is 15.6 Å². The fraction of sp³-hybridized carbons (Fsp3) is 0.111. The topological polar surface area (TPSA) is 64.6 Å². The molecule has 5 nitrogen and oxygen atoms in total. The van der Waals surface area contributed by atoms with Crippen molar-refractivity contribution in [3.63, 3.8) is 0 Å². The molecule has 0 radical (unpaired) electrons. The number of carbonyl (C=O) groups excluding carboxylic acids is 2. The van der Waals surface area contributed by atoms with Crippen molar-refractivity contribution in [2.45, 2.75) is 0 Å². The maximum absolute atomic E-state index is 11.9. The van der Waals surface area contributed by atoms with Crippen LogP contribution >= 0.6 is 27.5 Å². The summed E-state index contributed by atoms with van der Waals surface area (Å²) in [4.78, 5) is 23.6. The van der Waals surface area contributed by atoms with Crippen LogP contribution < -0.4 is 10.1 Å². The maximum atomic E-state index is 11.9. The van der Waals surface area contributed by atoms with Gasteiger partial charge in [0.2, 0.25) is 0 Å². The van der Waals surface area contributed by atoms with Crippen LogP contribution in [0, 0.1) is 0 Å². The van der Waals surface area contributed by atoms with E-state index < -0.39 is 18.5 Å². The minimum Gasteiger partial charge on any atom is -0.495 e. The molecule has 0 atom stereocenters. The zero-order valence-electron chi connectivity index (χ0n) is 13.3. The van der Waals surface area contributed by atoms with Crippen LogP contribution in [0.2, 0.25) is 5.02 Å². The van der Waals surface area contributed by atoms with Crippen molar-refractivity contribution in [1.82, 2.24) is 0 Å². The molecule has 0 bridgehead atoms. The first-order valence-electron chi connectivity index (χ1n) is 7.22. The molecule has 2 rings (SSSR count). The highest BCUT2D eigenvalue weighted by Gasteiger charge is 2.10.